The Balaban J connectivity index is 1.46. The van der Waals surface area contributed by atoms with Crippen molar-refractivity contribution >= 4 is 23.5 Å². The molecule has 0 saturated carbocycles. The topological polar surface area (TPSA) is 61.9 Å². The monoisotopic (exact) mass is 429 g/mol. The van der Waals surface area contributed by atoms with Crippen LogP contribution in [0.4, 0.5) is 4.79 Å². The van der Waals surface area contributed by atoms with E-state index in [2.05, 4.69) is 5.32 Å². The second-order valence-corrected chi connectivity index (χ2v) is 7.78. The number of carbonyl (C=O) groups excluding carboxylic acids is 2. The van der Waals surface area contributed by atoms with Crippen molar-refractivity contribution < 1.29 is 14.3 Å². The summed E-state index contributed by atoms with van der Waals surface area (Å²) in [4.78, 5) is 28.7. The smallest absolute Gasteiger partial charge is 0.317 e. The van der Waals surface area contributed by atoms with E-state index in [0.717, 1.165) is 16.9 Å². The number of nitrogens with one attached hydrogen (secondary N) is 1. The average molecular weight is 430 g/mol. The number of nitrogens with zero attached hydrogens (tertiary/aromatic N) is 2. The molecule has 1 aliphatic rings. The summed E-state index contributed by atoms with van der Waals surface area (Å²) in [7, 11) is 0. The summed E-state index contributed by atoms with van der Waals surface area (Å²) in [5, 5.41) is 3.69. The molecule has 0 radical (unpaired) electrons. The average Bonchev–Trinajstić information content (AvgIpc) is 2.76. The first-order valence-electron chi connectivity index (χ1n) is 10.3. The standard InChI is InChI=1S/C23H28ClN3O3/c1-3-30-21-10-6-19(7-11-21)17(2)25-23(29)27-14-12-26(13-15-27)22(28)16-18-4-8-20(24)9-5-18/h4-11,17H,3,12-16H2,1-2H3,(H,25,29). The van der Waals surface area contributed by atoms with E-state index in [1.54, 1.807) is 17.0 Å². The molecule has 0 aromatic heterocycles. The number of benzene rings is 2. The first kappa shape index (κ1) is 22.0. The van der Waals surface area contributed by atoms with Gasteiger partial charge in [-0.1, -0.05) is 35.9 Å². The molecule has 1 saturated heterocycles. The van der Waals surface area contributed by atoms with E-state index >= 15 is 0 Å². The highest BCUT2D eigenvalue weighted by atomic mass is 35.5. The molecule has 0 aliphatic carbocycles. The number of ether oxygens (including phenoxy) is 1. The van der Waals surface area contributed by atoms with Crippen molar-refractivity contribution in [3.05, 3.63) is 64.7 Å². The predicted molar refractivity (Wildman–Crippen MR) is 118 cm³/mol. The zero-order valence-electron chi connectivity index (χ0n) is 17.4. The molecule has 6 nitrogen and oxygen atoms in total. The van der Waals surface area contributed by atoms with Gasteiger partial charge in [0.05, 0.1) is 19.1 Å². The van der Waals surface area contributed by atoms with Crippen LogP contribution in [0.2, 0.25) is 5.02 Å². The fourth-order valence-electron chi connectivity index (χ4n) is 3.43. The van der Waals surface area contributed by atoms with Crippen molar-refractivity contribution in [2.45, 2.75) is 26.3 Å². The lowest BCUT2D eigenvalue weighted by molar-refractivity contribution is -0.131. The molecule has 7 heteroatoms. The van der Waals surface area contributed by atoms with Crippen LogP contribution < -0.4 is 10.1 Å². The Bertz CT molecular complexity index is 847. The number of piperazine rings is 1. The van der Waals surface area contributed by atoms with E-state index in [1.807, 2.05) is 55.1 Å². The lowest BCUT2D eigenvalue weighted by atomic mass is 10.1. The number of hydrogen-bond acceptors (Lipinski definition) is 3. The molecule has 0 spiro atoms. The van der Waals surface area contributed by atoms with E-state index < -0.39 is 0 Å². The predicted octanol–water partition coefficient (Wildman–Crippen LogP) is 3.90. The molecule has 1 atom stereocenters. The molecule has 3 amide bonds. The van der Waals surface area contributed by atoms with Gasteiger partial charge in [0.2, 0.25) is 5.91 Å². The molecular formula is C23H28ClN3O3. The van der Waals surface area contributed by atoms with Crippen molar-refractivity contribution in [3.63, 3.8) is 0 Å². The van der Waals surface area contributed by atoms with E-state index in [4.69, 9.17) is 16.3 Å². The van der Waals surface area contributed by atoms with Crippen LogP contribution in [0.3, 0.4) is 0 Å². The first-order valence-corrected chi connectivity index (χ1v) is 10.6. The highest BCUT2D eigenvalue weighted by Crippen LogP contribution is 2.18. The van der Waals surface area contributed by atoms with Gasteiger partial charge in [-0.15, -0.1) is 0 Å². The van der Waals surface area contributed by atoms with Crippen LogP contribution in [0.5, 0.6) is 5.75 Å². The molecule has 1 aliphatic heterocycles. The van der Waals surface area contributed by atoms with Crippen LogP contribution in [-0.4, -0.2) is 54.5 Å². The molecule has 2 aromatic carbocycles. The lowest BCUT2D eigenvalue weighted by Crippen LogP contribution is -2.53. The van der Waals surface area contributed by atoms with Crippen LogP contribution in [-0.2, 0) is 11.2 Å². The fraction of sp³-hybridized carbons (Fsp3) is 0.391. The van der Waals surface area contributed by atoms with Gasteiger partial charge in [0.1, 0.15) is 5.75 Å². The molecule has 1 heterocycles. The largest absolute Gasteiger partial charge is 0.494 e. The van der Waals surface area contributed by atoms with Crippen LogP contribution in [0.25, 0.3) is 0 Å². The van der Waals surface area contributed by atoms with Crippen LogP contribution in [0.1, 0.15) is 31.0 Å². The Labute approximate surface area is 182 Å². The molecule has 3 rings (SSSR count). The van der Waals surface area contributed by atoms with Gasteiger partial charge in [-0.05, 0) is 49.2 Å². The van der Waals surface area contributed by atoms with E-state index in [1.165, 1.54) is 0 Å². The Morgan fingerprint density at radius 1 is 1.00 bits per heavy atom. The van der Waals surface area contributed by atoms with Crippen molar-refractivity contribution in [1.82, 2.24) is 15.1 Å². The Kier molecular flexibility index (Phi) is 7.57. The van der Waals surface area contributed by atoms with Crippen molar-refractivity contribution in [1.29, 1.82) is 0 Å². The van der Waals surface area contributed by atoms with Gasteiger partial charge < -0.3 is 19.9 Å². The number of halogens is 1. The quantitative estimate of drug-likeness (QED) is 0.757. The van der Waals surface area contributed by atoms with Gasteiger partial charge in [0, 0.05) is 31.2 Å². The molecule has 2 aromatic rings. The van der Waals surface area contributed by atoms with Crippen LogP contribution in [0.15, 0.2) is 48.5 Å². The third-order valence-corrected chi connectivity index (χ3v) is 5.47. The van der Waals surface area contributed by atoms with E-state index in [-0.39, 0.29) is 18.0 Å². The summed E-state index contributed by atoms with van der Waals surface area (Å²) in [5.74, 6) is 0.888. The molecule has 1 unspecified atom stereocenters. The maximum atomic E-state index is 12.6. The SMILES string of the molecule is CCOc1ccc(C(C)NC(=O)N2CCN(C(=O)Cc3ccc(Cl)cc3)CC2)cc1. The van der Waals surface area contributed by atoms with Crippen LogP contribution in [0, 0.1) is 0 Å². The minimum atomic E-state index is -0.113. The number of carbonyl (C=O) groups is 2. The zero-order chi connectivity index (χ0) is 21.5. The summed E-state index contributed by atoms with van der Waals surface area (Å²) < 4.78 is 5.46. The number of rotatable bonds is 6. The van der Waals surface area contributed by atoms with Crippen molar-refractivity contribution in [2.24, 2.45) is 0 Å². The minimum Gasteiger partial charge on any atom is -0.494 e. The summed E-state index contributed by atoms with van der Waals surface area (Å²) in [6, 6.07) is 14.8. The third kappa shape index (κ3) is 5.89. The maximum absolute atomic E-state index is 12.6. The fourth-order valence-corrected chi connectivity index (χ4v) is 3.55. The van der Waals surface area contributed by atoms with E-state index in [9.17, 15) is 9.59 Å². The number of hydrogen-bond donors (Lipinski definition) is 1. The van der Waals surface area contributed by atoms with Gasteiger partial charge in [-0.25, -0.2) is 4.79 Å². The van der Waals surface area contributed by atoms with E-state index in [0.29, 0.717) is 44.2 Å². The second kappa shape index (κ2) is 10.3. The Morgan fingerprint density at radius 3 is 2.20 bits per heavy atom. The van der Waals surface area contributed by atoms with Gasteiger partial charge in [0.25, 0.3) is 0 Å². The molecule has 1 fully saturated rings. The summed E-state index contributed by atoms with van der Waals surface area (Å²) in [6.07, 6.45) is 0.345. The first-order chi connectivity index (χ1) is 14.5. The summed E-state index contributed by atoms with van der Waals surface area (Å²) in [5.41, 5.74) is 1.96. The number of urea groups is 1. The van der Waals surface area contributed by atoms with Gasteiger partial charge in [0.15, 0.2) is 0 Å². The Hall–Kier alpha value is -2.73. The minimum absolute atomic E-state index is 0.0696. The molecular weight excluding hydrogens is 402 g/mol. The maximum Gasteiger partial charge on any atom is 0.317 e. The highest BCUT2D eigenvalue weighted by molar-refractivity contribution is 6.30. The van der Waals surface area contributed by atoms with Gasteiger partial charge in [-0.2, -0.15) is 0 Å². The van der Waals surface area contributed by atoms with Crippen LogP contribution >= 0.6 is 11.6 Å². The second-order valence-electron chi connectivity index (χ2n) is 7.34. The lowest BCUT2D eigenvalue weighted by Gasteiger charge is -2.35. The Morgan fingerprint density at radius 2 is 1.60 bits per heavy atom. The number of amides is 3. The zero-order valence-corrected chi connectivity index (χ0v) is 18.2. The normalized spacial score (nSPS) is 14.9. The molecule has 0 bridgehead atoms. The summed E-state index contributed by atoms with van der Waals surface area (Å²) >= 11 is 5.89. The molecule has 30 heavy (non-hydrogen) atoms. The molecule has 1 N–H and O–H groups in total. The third-order valence-electron chi connectivity index (χ3n) is 5.22. The highest BCUT2D eigenvalue weighted by Gasteiger charge is 2.25. The van der Waals surface area contributed by atoms with Crippen molar-refractivity contribution in [3.8, 4) is 5.75 Å². The van der Waals surface area contributed by atoms with Crippen molar-refractivity contribution in [2.75, 3.05) is 32.8 Å². The molecule has 160 valence electrons. The van der Waals surface area contributed by atoms with Gasteiger partial charge in [-0.3, -0.25) is 4.79 Å². The summed E-state index contributed by atoms with van der Waals surface area (Å²) in [6.45, 7) is 6.65. The van der Waals surface area contributed by atoms with Gasteiger partial charge >= 0.3 is 6.03 Å².